The molecular weight excluding hydrogens is 1150 g/mol. The number of fused-ring (bicyclic) bond motifs is 2. The van der Waals surface area contributed by atoms with Gasteiger partial charge in [0.1, 0.15) is 33.8 Å². The van der Waals surface area contributed by atoms with Crippen molar-refractivity contribution in [2.75, 3.05) is 62.2 Å². The van der Waals surface area contributed by atoms with E-state index >= 15 is 0 Å². The molecule has 0 aliphatic carbocycles. The Morgan fingerprint density at radius 1 is 0.580 bits per heavy atom. The largest absolute Gasteiger partial charge is 0.444 e. The molecule has 2 aliphatic rings. The van der Waals surface area contributed by atoms with Crippen molar-refractivity contribution in [1.82, 2.24) is 49.7 Å². The third-order valence-corrected chi connectivity index (χ3v) is 14.2. The molecule has 2 amide bonds. The molecule has 2 saturated heterocycles. The average molecular weight is 1200 g/mol. The lowest BCUT2D eigenvalue weighted by molar-refractivity contribution is 0.0230. The van der Waals surface area contributed by atoms with Crippen molar-refractivity contribution < 1.29 is 23.5 Å². The Kier molecular flexibility index (Phi) is 26.6. The molecular formula is C49H50B19Cl3FN12O4. The molecule has 39 heteroatoms. The summed E-state index contributed by atoms with van der Waals surface area (Å²) < 4.78 is 25.2. The van der Waals surface area contributed by atoms with Gasteiger partial charge in [-0.2, -0.15) is 0 Å². The first kappa shape index (κ1) is 71.7. The van der Waals surface area contributed by atoms with Gasteiger partial charge in [0.25, 0.3) is 0 Å². The molecule has 0 unspecified atom stereocenters. The molecule has 6 aromatic heterocycles. The van der Waals surface area contributed by atoms with Crippen LogP contribution in [0.2, 0.25) is 15.2 Å². The van der Waals surface area contributed by atoms with Gasteiger partial charge in [0.15, 0.2) is 11.6 Å². The van der Waals surface area contributed by atoms with Crippen molar-refractivity contribution in [3.05, 3.63) is 118 Å². The number of aromatic nitrogens is 8. The van der Waals surface area contributed by atoms with Crippen molar-refractivity contribution in [2.24, 2.45) is 0 Å². The minimum absolute atomic E-state index is 0.268. The first-order valence-corrected chi connectivity index (χ1v) is 29.1. The predicted molar refractivity (Wildman–Crippen MR) is 375 cm³/mol. The van der Waals surface area contributed by atoms with Crippen LogP contribution in [0.25, 0.3) is 44.6 Å². The van der Waals surface area contributed by atoms with E-state index in [1.807, 2.05) is 53.7 Å². The zero-order valence-electron chi connectivity index (χ0n) is 49.9. The molecule has 8 heterocycles. The Morgan fingerprint density at radius 3 is 1.36 bits per heavy atom. The normalized spacial score (nSPS) is 13.1. The quantitative estimate of drug-likeness (QED) is 0.129. The SMILES string of the molecule is CC(C)(C)OC(=O)N1CCN(c2nc(-c3ccnc(Cc4ccccc4F)c3)nc3cncc(Cl)c23)CC1.CC(C)(C)OC(=O)N1CCN(c2nc(-c3ccnc(Cl)c3)nc3cncc(Cl)c23)CC1.[B]B([B])B(B([B])[B])B([B])[B].[B][B]B(B([B])[B])B([B])[B]. The Hall–Kier alpha value is -5.33. The van der Waals surface area contributed by atoms with Crippen LogP contribution in [0.3, 0.4) is 0 Å². The number of halogens is 4. The molecule has 0 atom stereocenters. The van der Waals surface area contributed by atoms with Gasteiger partial charge in [-0.25, -0.2) is 38.9 Å². The summed E-state index contributed by atoms with van der Waals surface area (Å²) in [5, 5.41) is 2.72. The fourth-order valence-electron chi connectivity index (χ4n) is 9.00. The van der Waals surface area contributed by atoms with E-state index in [0.717, 1.165) is 16.5 Å². The fraction of sp³-hybridized carbons (Fsp3) is 0.347. The van der Waals surface area contributed by atoms with Crippen LogP contribution in [0.15, 0.2) is 85.7 Å². The number of carbonyl (C=O) groups is 2. The molecule has 9 rings (SSSR count). The standard InChI is InChI=1S/C28H28ClFN6O2.C21H22Cl2N6O2.B10.B9/c1-28(2,3)38-27(37)36-12-10-35(11-13-36)26-24-21(29)16-31-17-23(24)33-25(34-26)19-8-9-32-20(15-19)14-18-6-4-5-7-22(18)30;1-21(2,3)31-20(30)29-8-6-28(7-9-29)19-17-14(22)11-24-12-15(17)26-18(27-19)13-4-5-25-16(23)10-13;1-7(2)10(8(3)4)9(5)6;1-6-9(7(2)3)8(4)5/h4-9,15-17H,10-14H2,1-3H3;4-5,10-12H,6-9H2,1-3H3;;. The number of hydrogen-bond acceptors (Lipinski definition) is 14. The fourth-order valence-corrected chi connectivity index (χ4v) is 9.65. The predicted octanol–water partition coefficient (Wildman–Crippen LogP) is 2.74. The van der Waals surface area contributed by atoms with Gasteiger partial charge in [-0.15, -0.1) is 0 Å². The molecule has 2 fully saturated rings. The van der Waals surface area contributed by atoms with E-state index in [9.17, 15) is 14.0 Å². The highest BCUT2D eigenvalue weighted by atomic mass is 35.5. The molecule has 0 N–H and O–H groups in total. The van der Waals surface area contributed by atoms with Crippen molar-refractivity contribution in [3.63, 3.8) is 0 Å². The Labute approximate surface area is 549 Å². The van der Waals surface area contributed by atoms with Crippen molar-refractivity contribution in [1.29, 1.82) is 0 Å². The number of carbonyl (C=O) groups excluding carboxylic acids is 2. The molecule has 7 aromatic rings. The smallest absolute Gasteiger partial charge is 0.410 e. The van der Waals surface area contributed by atoms with Crippen molar-refractivity contribution >= 4 is 217 Å². The van der Waals surface area contributed by atoms with Crippen LogP contribution >= 0.6 is 34.8 Å². The number of ether oxygens (including phenoxy) is 2. The topological polar surface area (TPSA) is 169 Å². The summed E-state index contributed by atoms with van der Waals surface area (Å²) in [7, 11) is 59.2. The summed E-state index contributed by atoms with van der Waals surface area (Å²) in [6, 6.07) is 13.9. The molecule has 16 nitrogen and oxygen atoms in total. The monoisotopic (exact) mass is 1200 g/mol. The van der Waals surface area contributed by atoms with Crippen LogP contribution in [0.4, 0.5) is 25.6 Å². The Bertz CT molecular complexity index is 3440. The van der Waals surface area contributed by atoms with Gasteiger partial charge in [-0.1, -0.05) is 53.0 Å². The third-order valence-electron chi connectivity index (χ3n) is 13.4. The maximum Gasteiger partial charge on any atom is 0.410 e. The molecule has 0 bridgehead atoms. The number of nitrogens with zero attached hydrogens (tertiary/aromatic N) is 12. The molecule has 0 saturated carbocycles. The van der Waals surface area contributed by atoms with Crippen LogP contribution in [0.5, 0.6) is 0 Å². The van der Waals surface area contributed by atoms with Gasteiger partial charge < -0.3 is 29.1 Å². The number of anilines is 2. The van der Waals surface area contributed by atoms with E-state index in [2.05, 4.69) is 34.7 Å². The lowest BCUT2D eigenvalue weighted by atomic mass is 8.58. The van der Waals surface area contributed by atoms with Gasteiger partial charge in [0, 0.05) is 237 Å². The van der Waals surface area contributed by atoms with Crippen LogP contribution in [0.1, 0.15) is 52.8 Å². The van der Waals surface area contributed by atoms with E-state index in [1.165, 1.54) is 13.1 Å². The van der Waals surface area contributed by atoms with E-state index in [0.29, 0.717) is 125 Å². The number of amides is 2. The molecule has 415 valence electrons. The average Bonchev–Trinajstić information content (AvgIpc) is 2.14. The maximum atomic E-state index is 14.2. The number of benzene rings is 1. The molecule has 23 radical (unpaired) electrons. The summed E-state index contributed by atoms with van der Waals surface area (Å²) in [6.45, 7) is 15.4. The molecule has 2 aliphatic heterocycles. The highest BCUT2D eigenvalue weighted by Crippen LogP contribution is 2.35. The zero-order valence-corrected chi connectivity index (χ0v) is 52.2. The van der Waals surface area contributed by atoms with Gasteiger partial charge in [-0.3, -0.25) is 15.0 Å². The minimum atomic E-state index is -0.667. The molecule has 0 spiro atoms. The summed E-state index contributed by atoms with van der Waals surface area (Å²) in [5.74, 6) is 2.10. The highest BCUT2D eigenvalue weighted by molar-refractivity contribution is 8.00. The second kappa shape index (κ2) is 32.6. The van der Waals surface area contributed by atoms with E-state index in [-0.39, 0.29) is 24.4 Å². The summed E-state index contributed by atoms with van der Waals surface area (Å²) >= 11 is 19.1. The second-order valence-electron chi connectivity index (χ2n) is 22.6. The van der Waals surface area contributed by atoms with Crippen molar-refractivity contribution in [2.45, 2.75) is 59.2 Å². The Morgan fingerprint density at radius 2 is 1.00 bits per heavy atom. The van der Waals surface area contributed by atoms with Crippen LogP contribution < -0.4 is 9.80 Å². The number of rotatable bonds is 12. The van der Waals surface area contributed by atoms with Gasteiger partial charge >= 0.3 is 12.2 Å². The van der Waals surface area contributed by atoms with E-state index in [1.54, 1.807) is 77.3 Å². The van der Waals surface area contributed by atoms with E-state index < -0.39 is 49.5 Å². The molecule has 1 aromatic carbocycles. The van der Waals surface area contributed by atoms with Gasteiger partial charge in [0.05, 0.1) is 44.2 Å². The zero-order chi connectivity index (χ0) is 64.8. The van der Waals surface area contributed by atoms with Gasteiger partial charge in [-0.05, 0) is 77.4 Å². The maximum absolute atomic E-state index is 14.2. The first-order valence-electron chi connectivity index (χ1n) is 27.9. The highest BCUT2D eigenvalue weighted by Gasteiger charge is 2.31. The second-order valence-corrected chi connectivity index (χ2v) is 23.8. The van der Waals surface area contributed by atoms with Crippen molar-refractivity contribution in [3.8, 4) is 22.8 Å². The number of pyridine rings is 4. The Balaban J connectivity index is 0.000000220. The first-order chi connectivity index (χ1) is 41.4. The number of piperazine rings is 2. The third kappa shape index (κ3) is 20.6. The van der Waals surface area contributed by atoms with Crippen LogP contribution in [-0.4, -0.2) is 262 Å². The van der Waals surface area contributed by atoms with Crippen LogP contribution in [0, 0.1) is 5.82 Å². The van der Waals surface area contributed by atoms with Gasteiger partial charge in [0.2, 0.25) is 0 Å². The van der Waals surface area contributed by atoms with E-state index in [4.69, 9.17) is 144 Å². The molecule has 88 heavy (non-hydrogen) atoms. The summed E-state index contributed by atoms with van der Waals surface area (Å²) in [6.07, 6.45) is 5.57. The van der Waals surface area contributed by atoms with Crippen LogP contribution in [-0.2, 0) is 15.9 Å². The summed E-state index contributed by atoms with van der Waals surface area (Å²) in [5.41, 5.74) is 2.93. The lowest BCUT2D eigenvalue weighted by Crippen LogP contribution is -2.62. The minimum Gasteiger partial charge on any atom is -0.444 e. The number of hydrogen-bond donors (Lipinski definition) is 0. The summed E-state index contributed by atoms with van der Waals surface area (Å²) in [4.78, 5) is 68.5. The lowest BCUT2D eigenvalue weighted by Gasteiger charge is -2.36.